The normalized spacial score (nSPS) is 17.3. The third kappa shape index (κ3) is 4.50. The zero-order valence-corrected chi connectivity index (χ0v) is 19.1. The molecule has 2 unspecified atom stereocenters. The molecular formula is C26H30O6. The lowest BCUT2D eigenvalue weighted by atomic mass is 9.87. The highest BCUT2D eigenvalue weighted by atomic mass is 16.5. The Morgan fingerprint density at radius 3 is 2.03 bits per heavy atom. The van der Waals surface area contributed by atoms with Crippen molar-refractivity contribution in [2.45, 2.75) is 52.7 Å². The van der Waals surface area contributed by atoms with Crippen molar-refractivity contribution in [2.24, 2.45) is 0 Å². The molecule has 6 nitrogen and oxygen atoms in total. The van der Waals surface area contributed by atoms with E-state index in [0.29, 0.717) is 17.5 Å². The molecule has 0 fully saturated rings. The first-order valence-corrected chi connectivity index (χ1v) is 10.5. The standard InChI is InChI=1S/C26H30O6/c1-14(2)6-12-18-21(28)19(13-7-15(3)4)25-20(22(18)29)23(30)26(31-5)24(32-25)16-8-10-17(27)11-9-16/h6-11,24,26-29H,12-13H2,1-5H3. The number of carbonyl (C=O) groups is 1. The summed E-state index contributed by atoms with van der Waals surface area (Å²) in [5.74, 6) is -0.527. The van der Waals surface area contributed by atoms with E-state index in [9.17, 15) is 20.1 Å². The van der Waals surface area contributed by atoms with Crippen LogP contribution in [0, 0.1) is 0 Å². The molecule has 3 rings (SSSR count). The second kappa shape index (κ2) is 9.49. The van der Waals surface area contributed by atoms with Crippen LogP contribution >= 0.6 is 0 Å². The number of hydrogen-bond acceptors (Lipinski definition) is 6. The molecule has 0 saturated heterocycles. The van der Waals surface area contributed by atoms with E-state index in [0.717, 1.165) is 11.1 Å². The molecule has 0 spiro atoms. The average molecular weight is 439 g/mol. The maximum absolute atomic E-state index is 13.5. The topological polar surface area (TPSA) is 96.2 Å². The molecule has 6 heteroatoms. The number of benzene rings is 2. The summed E-state index contributed by atoms with van der Waals surface area (Å²) in [6.07, 6.45) is 2.65. The van der Waals surface area contributed by atoms with E-state index in [2.05, 4.69) is 0 Å². The number of phenolic OH excluding ortho intramolecular Hbond substituents is 3. The van der Waals surface area contributed by atoms with Crippen LogP contribution in [0.25, 0.3) is 0 Å². The van der Waals surface area contributed by atoms with E-state index in [1.54, 1.807) is 12.1 Å². The van der Waals surface area contributed by atoms with Gasteiger partial charge in [-0.05, 0) is 58.2 Å². The maximum Gasteiger partial charge on any atom is 0.203 e. The number of ketones is 1. The van der Waals surface area contributed by atoms with Gasteiger partial charge in [-0.2, -0.15) is 0 Å². The summed E-state index contributed by atoms with van der Waals surface area (Å²) in [7, 11) is 1.41. The molecule has 2 atom stereocenters. The molecule has 2 aromatic rings. The minimum Gasteiger partial charge on any atom is -0.508 e. The number of carbonyl (C=O) groups excluding carboxylic acids is 1. The Balaban J connectivity index is 2.24. The van der Waals surface area contributed by atoms with Crippen molar-refractivity contribution < 1.29 is 29.6 Å². The minimum absolute atomic E-state index is 0.0268. The molecule has 1 aliphatic heterocycles. The molecular weight excluding hydrogens is 408 g/mol. The number of rotatable bonds is 6. The first kappa shape index (κ1) is 23.4. The predicted molar refractivity (Wildman–Crippen MR) is 123 cm³/mol. The fourth-order valence-electron chi connectivity index (χ4n) is 3.77. The van der Waals surface area contributed by atoms with E-state index < -0.39 is 18.0 Å². The van der Waals surface area contributed by atoms with Crippen molar-refractivity contribution >= 4 is 5.78 Å². The second-order valence-corrected chi connectivity index (χ2v) is 8.48. The SMILES string of the molecule is COC1C(=O)c2c(O)c(CC=C(C)C)c(O)c(CC=C(C)C)c2OC1c1ccc(O)cc1. The Kier molecular flexibility index (Phi) is 6.94. The molecule has 1 aliphatic rings. The second-order valence-electron chi connectivity index (χ2n) is 8.48. The quantitative estimate of drug-likeness (QED) is 0.540. The lowest BCUT2D eigenvalue weighted by Gasteiger charge is -2.34. The van der Waals surface area contributed by atoms with Crippen molar-refractivity contribution in [1.82, 2.24) is 0 Å². The van der Waals surface area contributed by atoms with E-state index in [-0.39, 0.29) is 40.5 Å². The summed E-state index contributed by atoms with van der Waals surface area (Å²) in [6, 6.07) is 6.33. The van der Waals surface area contributed by atoms with Crippen LogP contribution < -0.4 is 4.74 Å². The highest BCUT2D eigenvalue weighted by molar-refractivity contribution is 6.07. The Morgan fingerprint density at radius 1 is 0.938 bits per heavy atom. The zero-order chi connectivity index (χ0) is 23.6. The average Bonchev–Trinajstić information content (AvgIpc) is 2.73. The Hall–Kier alpha value is -3.25. The molecule has 0 amide bonds. The van der Waals surface area contributed by atoms with E-state index in [4.69, 9.17) is 9.47 Å². The van der Waals surface area contributed by atoms with Gasteiger partial charge in [0, 0.05) is 18.2 Å². The van der Waals surface area contributed by atoms with Crippen molar-refractivity contribution in [1.29, 1.82) is 0 Å². The van der Waals surface area contributed by atoms with E-state index >= 15 is 0 Å². The molecule has 2 aromatic carbocycles. The first-order valence-electron chi connectivity index (χ1n) is 10.5. The fourth-order valence-corrected chi connectivity index (χ4v) is 3.77. The van der Waals surface area contributed by atoms with E-state index in [1.807, 2.05) is 39.8 Å². The Labute approximate surface area is 188 Å². The Morgan fingerprint density at radius 2 is 1.50 bits per heavy atom. The van der Waals surface area contributed by atoms with Gasteiger partial charge in [0.15, 0.2) is 12.2 Å². The number of Topliss-reactive ketones (excluding diaryl/α,β-unsaturated/α-hetero) is 1. The summed E-state index contributed by atoms with van der Waals surface area (Å²) in [5.41, 5.74) is 3.47. The smallest absolute Gasteiger partial charge is 0.203 e. The summed E-state index contributed by atoms with van der Waals surface area (Å²) in [4.78, 5) is 13.5. The lowest BCUT2D eigenvalue weighted by Crippen LogP contribution is -2.38. The monoisotopic (exact) mass is 438 g/mol. The largest absolute Gasteiger partial charge is 0.508 e. The van der Waals surface area contributed by atoms with Gasteiger partial charge in [-0.1, -0.05) is 35.4 Å². The third-order valence-electron chi connectivity index (χ3n) is 5.52. The van der Waals surface area contributed by atoms with Crippen LogP contribution in [0.4, 0.5) is 0 Å². The zero-order valence-electron chi connectivity index (χ0n) is 19.1. The van der Waals surface area contributed by atoms with Gasteiger partial charge in [0.2, 0.25) is 5.78 Å². The van der Waals surface area contributed by atoms with Crippen LogP contribution in [0.15, 0.2) is 47.6 Å². The van der Waals surface area contributed by atoms with Crippen LogP contribution in [0.5, 0.6) is 23.0 Å². The summed E-state index contributed by atoms with van der Waals surface area (Å²) < 4.78 is 11.7. The Bertz CT molecular complexity index is 1070. The van der Waals surface area contributed by atoms with Crippen LogP contribution in [-0.4, -0.2) is 34.3 Å². The highest BCUT2D eigenvalue weighted by Crippen LogP contribution is 2.49. The van der Waals surface area contributed by atoms with Gasteiger partial charge in [0.1, 0.15) is 28.6 Å². The number of hydrogen-bond donors (Lipinski definition) is 3. The van der Waals surface area contributed by atoms with Gasteiger partial charge in [-0.15, -0.1) is 0 Å². The lowest BCUT2D eigenvalue weighted by molar-refractivity contribution is -0.00150. The molecule has 0 aromatic heterocycles. The van der Waals surface area contributed by atoms with Crippen molar-refractivity contribution in [3.05, 3.63) is 69.8 Å². The summed E-state index contributed by atoms with van der Waals surface area (Å²) in [6.45, 7) is 7.74. The molecule has 0 saturated carbocycles. The number of methoxy groups -OCH3 is 1. The molecule has 3 N–H and O–H groups in total. The fraction of sp³-hybridized carbons (Fsp3) is 0.346. The summed E-state index contributed by atoms with van der Waals surface area (Å²) in [5, 5.41) is 31.7. The number of fused-ring (bicyclic) bond motifs is 1. The van der Waals surface area contributed by atoms with Gasteiger partial charge in [0.25, 0.3) is 0 Å². The van der Waals surface area contributed by atoms with Crippen LogP contribution in [0.1, 0.15) is 60.8 Å². The molecule has 32 heavy (non-hydrogen) atoms. The number of phenols is 3. The molecule has 0 aliphatic carbocycles. The minimum atomic E-state index is -0.991. The van der Waals surface area contributed by atoms with Crippen molar-refractivity contribution in [2.75, 3.05) is 7.11 Å². The molecule has 0 radical (unpaired) electrons. The van der Waals surface area contributed by atoms with Gasteiger partial charge < -0.3 is 24.8 Å². The van der Waals surface area contributed by atoms with Gasteiger partial charge >= 0.3 is 0 Å². The van der Waals surface area contributed by atoms with E-state index in [1.165, 1.54) is 19.2 Å². The van der Waals surface area contributed by atoms with Crippen molar-refractivity contribution in [3.8, 4) is 23.0 Å². The third-order valence-corrected chi connectivity index (χ3v) is 5.52. The molecule has 1 heterocycles. The number of aromatic hydroxyl groups is 3. The highest BCUT2D eigenvalue weighted by Gasteiger charge is 2.43. The van der Waals surface area contributed by atoms with Gasteiger partial charge in [-0.3, -0.25) is 4.79 Å². The van der Waals surface area contributed by atoms with Crippen LogP contribution in [0.3, 0.4) is 0 Å². The van der Waals surface area contributed by atoms with Gasteiger partial charge in [-0.25, -0.2) is 0 Å². The van der Waals surface area contributed by atoms with Gasteiger partial charge in [0.05, 0.1) is 0 Å². The molecule has 0 bridgehead atoms. The van der Waals surface area contributed by atoms with Crippen LogP contribution in [0.2, 0.25) is 0 Å². The van der Waals surface area contributed by atoms with Crippen LogP contribution in [-0.2, 0) is 17.6 Å². The number of ether oxygens (including phenoxy) is 2. The maximum atomic E-state index is 13.5. The predicted octanol–water partition coefficient (Wildman–Crippen LogP) is 5.15. The number of allylic oxidation sites excluding steroid dienone is 4. The van der Waals surface area contributed by atoms with Crippen molar-refractivity contribution in [3.63, 3.8) is 0 Å². The molecule has 170 valence electrons. The summed E-state index contributed by atoms with van der Waals surface area (Å²) >= 11 is 0. The first-order chi connectivity index (χ1) is 15.1.